The lowest BCUT2D eigenvalue weighted by molar-refractivity contribution is 1.52. The maximum atomic E-state index is 2.53. The van der Waals surface area contributed by atoms with Crippen molar-refractivity contribution < 1.29 is 0 Å². The normalized spacial score (nSPS) is 14.8. The average Bonchev–Trinajstić information content (AvgIpc) is 3.45. The molecule has 4 aromatic heterocycles. The highest BCUT2D eigenvalue weighted by Gasteiger charge is 2.43. The molecule has 6 heteroatoms. The first-order chi connectivity index (χ1) is 15.9. The molecule has 0 spiro atoms. The standard InChI is InChI=1S/C28H32S4Si2/c1-17-9-11-19(29-17)21-13-15-23(31-21)25-27(33(3,4)5)26(28(25)34(6,7)8)24-16-14-22(32-24)20-12-10-18(2)30-20/h9-16H,1-8H3. The second-order valence-corrected chi connectivity index (χ2v) is 25.9. The number of allylic oxidation sites excluding steroid dienone is 4. The summed E-state index contributed by atoms with van der Waals surface area (Å²) in [5.41, 5.74) is 3.22. The highest BCUT2D eigenvalue weighted by molar-refractivity contribution is 7.24. The second kappa shape index (κ2) is 8.68. The summed E-state index contributed by atoms with van der Waals surface area (Å²) in [6.07, 6.45) is 0. The van der Waals surface area contributed by atoms with E-state index in [9.17, 15) is 0 Å². The first kappa shape index (κ1) is 24.4. The lowest BCUT2D eigenvalue weighted by Crippen LogP contribution is -2.38. The highest BCUT2D eigenvalue weighted by atomic mass is 32.1. The Morgan fingerprint density at radius 2 is 0.706 bits per heavy atom. The maximum absolute atomic E-state index is 2.53. The van der Waals surface area contributed by atoms with Crippen molar-refractivity contribution in [1.29, 1.82) is 0 Å². The summed E-state index contributed by atoms with van der Waals surface area (Å²) in [6, 6.07) is 18.5. The van der Waals surface area contributed by atoms with Crippen LogP contribution in [0, 0.1) is 13.8 Å². The Morgan fingerprint density at radius 1 is 0.412 bits per heavy atom. The number of rotatable bonds is 6. The fourth-order valence-electron chi connectivity index (χ4n) is 4.77. The molecule has 176 valence electrons. The van der Waals surface area contributed by atoms with Crippen molar-refractivity contribution in [2.24, 2.45) is 0 Å². The monoisotopic (exact) mass is 552 g/mol. The second-order valence-electron chi connectivity index (χ2n) is 11.1. The third-order valence-electron chi connectivity index (χ3n) is 6.17. The molecule has 4 heterocycles. The molecule has 0 bridgehead atoms. The Bertz CT molecular complexity index is 1320. The minimum atomic E-state index is -1.56. The van der Waals surface area contributed by atoms with E-state index in [0.29, 0.717) is 0 Å². The largest absolute Gasteiger partial charge is 0.140 e. The summed E-state index contributed by atoms with van der Waals surface area (Å²) < 4.78 is 0. The maximum Gasteiger partial charge on any atom is 0.0792 e. The Morgan fingerprint density at radius 3 is 1.00 bits per heavy atom. The van der Waals surface area contributed by atoms with Crippen molar-refractivity contribution in [2.75, 3.05) is 0 Å². The molecular weight excluding hydrogens is 521 g/mol. The lowest BCUT2D eigenvalue weighted by atomic mass is 9.95. The Balaban J connectivity index is 1.63. The molecule has 1 aliphatic rings. The molecule has 5 rings (SSSR count). The van der Waals surface area contributed by atoms with E-state index >= 15 is 0 Å². The van der Waals surface area contributed by atoms with Gasteiger partial charge in [-0.05, 0) is 83.9 Å². The van der Waals surface area contributed by atoms with E-state index in [1.165, 1.54) is 39.0 Å². The lowest BCUT2D eigenvalue weighted by Gasteiger charge is -2.42. The van der Waals surface area contributed by atoms with Gasteiger partial charge in [-0.25, -0.2) is 0 Å². The molecule has 0 unspecified atom stereocenters. The summed E-state index contributed by atoms with van der Waals surface area (Å²) in [4.78, 5) is 11.3. The first-order valence-corrected chi connectivity index (χ1v) is 22.0. The van der Waals surface area contributed by atoms with Gasteiger partial charge in [0.1, 0.15) is 0 Å². The fourth-order valence-corrected chi connectivity index (χ4v) is 13.5. The molecule has 0 aliphatic heterocycles. The van der Waals surface area contributed by atoms with Crippen molar-refractivity contribution in [3.05, 3.63) is 78.4 Å². The van der Waals surface area contributed by atoms with Gasteiger partial charge in [0.2, 0.25) is 0 Å². The quantitative estimate of drug-likeness (QED) is 0.209. The zero-order valence-electron chi connectivity index (χ0n) is 21.3. The van der Waals surface area contributed by atoms with Gasteiger partial charge < -0.3 is 0 Å². The summed E-state index contributed by atoms with van der Waals surface area (Å²) in [5.74, 6) is 0. The average molecular weight is 553 g/mol. The SMILES string of the molecule is Cc1ccc(-c2ccc(C3=C([Si](C)(C)C)C(c4ccc(-c5ccc(C)s5)s4)=C3[Si](C)(C)C)s2)s1. The predicted octanol–water partition coefficient (Wildman–Crippen LogP) is 10.9. The summed E-state index contributed by atoms with van der Waals surface area (Å²) in [7, 11) is -3.11. The van der Waals surface area contributed by atoms with Gasteiger partial charge in [0, 0.05) is 39.0 Å². The third kappa shape index (κ3) is 4.38. The molecule has 0 amide bonds. The van der Waals surface area contributed by atoms with E-state index in [0.717, 1.165) is 0 Å². The molecule has 0 N–H and O–H groups in total. The number of hydrogen-bond donors (Lipinski definition) is 0. The summed E-state index contributed by atoms with van der Waals surface area (Å²) in [6.45, 7) is 19.6. The Hall–Kier alpha value is -1.29. The van der Waals surface area contributed by atoms with Gasteiger partial charge in [0.15, 0.2) is 0 Å². The molecule has 34 heavy (non-hydrogen) atoms. The smallest absolute Gasteiger partial charge is 0.0792 e. The topological polar surface area (TPSA) is 0 Å². The van der Waals surface area contributed by atoms with Crippen LogP contribution in [0.5, 0.6) is 0 Å². The van der Waals surface area contributed by atoms with Crippen molar-refractivity contribution >= 4 is 72.6 Å². The minimum Gasteiger partial charge on any atom is -0.140 e. The number of thiophene rings is 4. The Labute approximate surface area is 222 Å². The van der Waals surface area contributed by atoms with Crippen LogP contribution >= 0.6 is 45.3 Å². The Kier molecular flexibility index (Phi) is 6.23. The molecule has 0 saturated heterocycles. The molecule has 0 fully saturated rings. The van der Waals surface area contributed by atoms with Crippen LogP contribution in [0.3, 0.4) is 0 Å². The van der Waals surface area contributed by atoms with Crippen LogP contribution in [-0.2, 0) is 0 Å². The zero-order chi connectivity index (χ0) is 24.4. The van der Waals surface area contributed by atoms with E-state index in [-0.39, 0.29) is 0 Å². The minimum absolute atomic E-state index is 1.38. The fraction of sp³-hybridized carbons (Fsp3) is 0.286. The van der Waals surface area contributed by atoms with Crippen LogP contribution in [0.15, 0.2) is 58.9 Å². The summed E-state index contributed by atoms with van der Waals surface area (Å²) >= 11 is 7.80. The number of hydrogen-bond acceptors (Lipinski definition) is 4. The highest BCUT2D eigenvalue weighted by Crippen LogP contribution is 2.57. The van der Waals surface area contributed by atoms with Crippen LogP contribution < -0.4 is 0 Å². The van der Waals surface area contributed by atoms with E-state index in [1.54, 1.807) is 21.5 Å². The van der Waals surface area contributed by atoms with Crippen LogP contribution in [0.4, 0.5) is 0 Å². The molecule has 0 radical (unpaired) electrons. The van der Waals surface area contributed by atoms with Crippen LogP contribution in [0.2, 0.25) is 39.3 Å². The van der Waals surface area contributed by atoms with Gasteiger partial charge in [0.05, 0.1) is 16.1 Å². The molecule has 1 aliphatic carbocycles. The van der Waals surface area contributed by atoms with Gasteiger partial charge in [-0.2, -0.15) is 0 Å². The molecule has 0 aromatic carbocycles. The van der Waals surface area contributed by atoms with Gasteiger partial charge in [0.25, 0.3) is 0 Å². The first-order valence-electron chi connectivity index (χ1n) is 11.8. The van der Waals surface area contributed by atoms with E-state index in [4.69, 9.17) is 0 Å². The van der Waals surface area contributed by atoms with Crippen molar-refractivity contribution in [3.63, 3.8) is 0 Å². The van der Waals surface area contributed by atoms with Gasteiger partial charge >= 0.3 is 0 Å². The van der Waals surface area contributed by atoms with Gasteiger partial charge in [-0.3, -0.25) is 0 Å². The molecule has 0 atom stereocenters. The van der Waals surface area contributed by atoms with Gasteiger partial charge in [-0.1, -0.05) is 39.3 Å². The third-order valence-corrected chi connectivity index (χ3v) is 14.8. The van der Waals surface area contributed by atoms with Crippen LogP contribution in [0.25, 0.3) is 30.7 Å². The van der Waals surface area contributed by atoms with Crippen molar-refractivity contribution in [1.82, 2.24) is 0 Å². The number of aryl methyl sites for hydroxylation is 2. The molecule has 0 nitrogen and oxygen atoms in total. The van der Waals surface area contributed by atoms with Crippen molar-refractivity contribution in [2.45, 2.75) is 53.1 Å². The summed E-state index contributed by atoms with van der Waals surface area (Å²) in [5, 5.41) is 3.38. The molecular formula is C28H32S4Si2. The predicted molar refractivity (Wildman–Crippen MR) is 165 cm³/mol. The zero-order valence-corrected chi connectivity index (χ0v) is 26.5. The van der Waals surface area contributed by atoms with Gasteiger partial charge in [-0.15, -0.1) is 45.3 Å². The van der Waals surface area contributed by atoms with Crippen molar-refractivity contribution in [3.8, 4) is 19.5 Å². The van der Waals surface area contributed by atoms with E-state index in [1.807, 2.05) is 45.3 Å². The van der Waals surface area contributed by atoms with E-state index < -0.39 is 16.1 Å². The molecule has 4 aromatic rings. The van der Waals surface area contributed by atoms with E-state index in [2.05, 4.69) is 102 Å². The van der Waals surface area contributed by atoms with Crippen LogP contribution in [-0.4, -0.2) is 16.1 Å². The van der Waals surface area contributed by atoms with Crippen LogP contribution in [0.1, 0.15) is 19.5 Å². The molecule has 0 saturated carbocycles.